The molecule has 3 unspecified atom stereocenters. The van der Waals surface area contributed by atoms with E-state index in [1.165, 1.54) is 7.11 Å². The number of aliphatic hydroxyl groups excluding tert-OH is 2. The Hall–Kier alpha value is 0.0549. The van der Waals surface area contributed by atoms with Crippen LogP contribution in [0.25, 0.3) is 0 Å². The Morgan fingerprint density at radius 3 is 2.08 bits per heavy atom. The summed E-state index contributed by atoms with van der Waals surface area (Å²) in [6, 6.07) is -0.962. The van der Waals surface area contributed by atoms with E-state index in [1.54, 1.807) is 20.8 Å². The highest BCUT2D eigenvalue weighted by Crippen LogP contribution is 2.56. The number of hydrogen-bond donors (Lipinski definition) is 2. The molecule has 1 fully saturated rings. The summed E-state index contributed by atoms with van der Waals surface area (Å²) in [6.45, 7) is 9.08. The molecule has 140 valence electrons. The first kappa shape index (κ1) is 22.1. The van der Waals surface area contributed by atoms with Gasteiger partial charge in [-0.2, -0.15) is 0 Å². The van der Waals surface area contributed by atoms with Crippen molar-refractivity contribution >= 4 is 15.7 Å². The summed E-state index contributed by atoms with van der Waals surface area (Å²) >= 11 is 0. The van der Waals surface area contributed by atoms with E-state index in [4.69, 9.17) is 26.2 Å². The minimum atomic E-state index is -3.81. The Bertz CT molecular complexity index is 461. The van der Waals surface area contributed by atoms with E-state index in [0.29, 0.717) is 12.8 Å². The third kappa shape index (κ3) is 5.53. The molecule has 0 aromatic carbocycles. The van der Waals surface area contributed by atoms with Crippen molar-refractivity contribution in [3.63, 3.8) is 0 Å². The minimum absolute atomic E-state index is 0.179. The van der Waals surface area contributed by atoms with Crippen LogP contribution in [0.2, 0.25) is 0 Å². The molecule has 1 aliphatic heterocycles. The number of ether oxygens (including phenoxy) is 1. The first-order chi connectivity index (χ1) is 10.9. The number of hydrogen-bond acceptors (Lipinski definition) is 7. The molecule has 6 atom stereocenters. The van der Waals surface area contributed by atoms with Gasteiger partial charge >= 0.3 is 7.82 Å². The van der Waals surface area contributed by atoms with Gasteiger partial charge in [0.05, 0.1) is 23.4 Å². The second-order valence-corrected chi connectivity index (χ2v) is 8.68. The number of rotatable bonds is 9. The third-order valence-corrected chi connectivity index (χ3v) is 6.38. The summed E-state index contributed by atoms with van der Waals surface area (Å²) in [4.78, 5) is 0. The van der Waals surface area contributed by atoms with E-state index in [0.717, 1.165) is 0 Å². The first-order valence-corrected chi connectivity index (χ1v) is 9.71. The van der Waals surface area contributed by atoms with Crippen LogP contribution in [0.4, 0.5) is 0 Å². The van der Waals surface area contributed by atoms with Crippen molar-refractivity contribution in [1.29, 1.82) is 0 Å². The standard InChI is InChI=1S/C15H30BO7P/c1-7-14(3,4)22-24(19,20-6)23-15(5,8-2)9-10-11(17)12(18)13(16)21-10/h10-13,17-18H,7-9H2,1-6H3/t10-,11?,12+,13-,15?,24?/m1/s1. The predicted molar refractivity (Wildman–Crippen MR) is 90.9 cm³/mol. The fraction of sp³-hybridized carbons (Fsp3) is 1.00. The van der Waals surface area contributed by atoms with Crippen LogP contribution < -0.4 is 0 Å². The van der Waals surface area contributed by atoms with Crippen LogP contribution in [0.1, 0.15) is 53.9 Å². The van der Waals surface area contributed by atoms with E-state index in [-0.39, 0.29) is 6.42 Å². The number of phosphoric acid groups is 1. The normalized spacial score (nSPS) is 33.2. The highest BCUT2D eigenvalue weighted by atomic mass is 31.2. The summed E-state index contributed by atoms with van der Waals surface area (Å²) in [7, 11) is 3.05. The minimum Gasteiger partial charge on any atom is -0.388 e. The van der Waals surface area contributed by atoms with Gasteiger partial charge < -0.3 is 14.9 Å². The van der Waals surface area contributed by atoms with Crippen LogP contribution in [0.15, 0.2) is 0 Å². The fourth-order valence-corrected chi connectivity index (χ4v) is 4.01. The molecule has 2 radical (unpaired) electrons. The van der Waals surface area contributed by atoms with Gasteiger partial charge in [-0.15, -0.1) is 0 Å². The molecule has 1 heterocycles. The summed E-state index contributed by atoms with van der Waals surface area (Å²) < 4.78 is 34.6. The van der Waals surface area contributed by atoms with Crippen LogP contribution in [-0.2, 0) is 22.9 Å². The fourth-order valence-electron chi connectivity index (χ4n) is 2.35. The van der Waals surface area contributed by atoms with Gasteiger partial charge in [0.2, 0.25) is 0 Å². The third-order valence-electron chi connectivity index (χ3n) is 4.55. The van der Waals surface area contributed by atoms with E-state index < -0.39 is 43.3 Å². The maximum atomic E-state index is 12.9. The maximum absolute atomic E-state index is 12.9. The molecule has 7 nitrogen and oxygen atoms in total. The zero-order chi connectivity index (χ0) is 18.8. The van der Waals surface area contributed by atoms with Gasteiger partial charge in [0, 0.05) is 19.5 Å². The maximum Gasteiger partial charge on any atom is 0.475 e. The van der Waals surface area contributed by atoms with Gasteiger partial charge in [0.25, 0.3) is 0 Å². The molecule has 24 heavy (non-hydrogen) atoms. The summed E-state index contributed by atoms with van der Waals surface area (Å²) in [5, 5.41) is 19.7. The Labute approximate surface area is 146 Å². The molecular weight excluding hydrogens is 334 g/mol. The van der Waals surface area contributed by atoms with Crippen molar-refractivity contribution in [2.24, 2.45) is 0 Å². The lowest BCUT2D eigenvalue weighted by atomic mass is 9.90. The van der Waals surface area contributed by atoms with Crippen molar-refractivity contribution in [2.45, 2.75) is 89.4 Å². The van der Waals surface area contributed by atoms with Crippen molar-refractivity contribution in [3.8, 4) is 0 Å². The van der Waals surface area contributed by atoms with Gasteiger partial charge in [-0.25, -0.2) is 4.57 Å². The van der Waals surface area contributed by atoms with Gasteiger partial charge in [-0.1, -0.05) is 13.8 Å². The molecule has 0 aliphatic carbocycles. The van der Waals surface area contributed by atoms with Crippen molar-refractivity contribution < 1.29 is 33.1 Å². The monoisotopic (exact) mass is 364 g/mol. The van der Waals surface area contributed by atoms with Crippen molar-refractivity contribution in [2.75, 3.05) is 7.11 Å². The molecule has 0 spiro atoms. The smallest absolute Gasteiger partial charge is 0.388 e. The molecule has 2 N–H and O–H groups in total. The Kier molecular flexibility index (Phi) is 7.52. The summed E-state index contributed by atoms with van der Waals surface area (Å²) in [5.41, 5.74) is -1.63. The highest BCUT2D eigenvalue weighted by Gasteiger charge is 2.46. The lowest BCUT2D eigenvalue weighted by Crippen LogP contribution is -2.39. The average Bonchev–Trinajstić information content (AvgIpc) is 2.73. The van der Waals surface area contributed by atoms with Crippen LogP contribution >= 0.6 is 7.82 Å². The Morgan fingerprint density at radius 1 is 1.12 bits per heavy atom. The van der Waals surface area contributed by atoms with Crippen LogP contribution in [0.5, 0.6) is 0 Å². The van der Waals surface area contributed by atoms with Crippen molar-refractivity contribution in [3.05, 3.63) is 0 Å². The zero-order valence-corrected chi connectivity index (χ0v) is 16.3. The largest absolute Gasteiger partial charge is 0.475 e. The van der Waals surface area contributed by atoms with Gasteiger partial charge in [0.15, 0.2) is 0 Å². The lowest BCUT2D eigenvalue weighted by molar-refractivity contribution is -0.0583. The van der Waals surface area contributed by atoms with Gasteiger partial charge in [0.1, 0.15) is 14.0 Å². The van der Waals surface area contributed by atoms with Crippen molar-refractivity contribution in [1.82, 2.24) is 0 Å². The number of aliphatic hydroxyl groups is 2. The van der Waals surface area contributed by atoms with E-state index >= 15 is 0 Å². The van der Waals surface area contributed by atoms with E-state index in [1.807, 2.05) is 13.8 Å². The van der Waals surface area contributed by atoms with Crippen LogP contribution in [0.3, 0.4) is 0 Å². The molecule has 0 bridgehead atoms. The molecule has 0 aromatic rings. The van der Waals surface area contributed by atoms with Gasteiger partial charge in [-0.3, -0.25) is 13.6 Å². The topological polar surface area (TPSA) is 94.5 Å². The predicted octanol–water partition coefficient (Wildman–Crippen LogP) is 2.14. The zero-order valence-electron chi connectivity index (χ0n) is 15.4. The van der Waals surface area contributed by atoms with Gasteiger partial charge in [-0.05, 0) is 33.6 Å². The highest BCUT2D eigenvalue weighted by molar-refractivity contribution is 7.48. The molecule has 0 saturated carbocycles. The molecule has 1 aliphatic rings. The average molecular weight is 364 g/mol. The molecule has 1 saturated heterocycles. The Morgan fingerprint density at radius 2 is 1.71 bits per heavy atom. The number of phosphoric ester groups is 1. The lowest BCUT2D eigenvalue weighted by Gasteiger charge is -2.36. The first-order valence-electron chi connectivity index (χ1n) is 8.25. The van der Waals surface area contributed by atoms with Crippen LogP contribution in [-0.4, -0.2) is 60.7 Å². The molecule has 0 amide bonds. The molecule has 9 heteroatoms. The second-order valence-electron chi connectivity index (χ2n) is 7.05. The van der Waals surface area contributed by atoms with Crippen LogP contribution in [0, 0.1) is 0 Å². The Balaban J connectivity index is 2.88. The molecule has 1 rings (SSSR count). The molecular formula is C15H30BO7P. The molecule has 0 aromatic heterocycles. The second kappa shape index (κ2) is 8.17. The quantitative estimate of drug-likeness (QED) is 0.478. The van der Waals surface area contributed by atoms with E-state index in [2.05, 4.69) is 0 Å². The van der Waals surface area contributed by atoms with E-state index in [9.17, 15) is 14.8 Å². The SMILES string of the molecule is [B][C@@H]1O[C@H](CC(C)(CC)OP(=O)(OC)OC(C)(C)CC)C(O)[C@@H]1O. The summed E-state index contributed by atoms with van der Waals surface area (Å²) in [5.74, 6) is 0. The summed E-state index contributed by atoms with van der Waals surface area (Å²) in [6.07, 6.45) is -1.76.